The van der Waals surface area contributed by atoms with E-state index in [1.807, 2.05) is 31.2 Å². The monoisotopic (exact) mass is 273 g/mol. The molecule has 1 atom stereocenters. The molecule has 5 heteroatoms. The highest BCUT2D eigenvalue weighted by Crippen LogP contribution is 2.21. The van der Waals surface area contributed by atoms with Crippen molar-refractivity contribution in [1.82, 2.24) is 0 Å². The summed E-state index contributed by atoms with van der Waals surface area (Å²) in [4.78, 5) is 4.15. The van der Waals surface area contributed by atoms with Gasteiger partial charge in [-0.15, -0.1) is 0 Å². The van der Waals surface area contributed by atoms with E-state index in [1.165, 1.54) is 6.26 Å². The maximum atomic E-state index is 10.2. The fourth-order valence-electron chi connectivity index (χ4n) is 1.81. The summed E-state index contributed by atoms with van der Waals surface area (Å²) in [5.41, 5.74) is 6.63. The van der Waals surface area contributed by atoms with Crippen LogP contribution in [-0.2, 0) is 5.60 Å². The topological polar surface area (TPSA) is 83.8 Å². The first kappa shape index (κ1) is 14.1. The maximum Gasteiger partial charge on any atom is 0.193 e. The molecule has 1 heterocycles. The van der Waals surface area contributed by atoms with Crippen molar-refractivity contribution in [1.29, 1.82) is 0 Å². The number of nitrogens with two attached hydrogens (primary N) is 1. The number of aliphatic hydroxyl groups is 1. The van der Waals surface area contributed by atoms with E-state index < -0.39 is 5.60 Å². The molecular weight excluding hydrogens is 254 g/mol. The fourth-order valence-corrected chi connectivity index (χ4v) is 1.81. The van der Waals surface area contributed by atoms with E-state index in [-0.39, 0.29) is 12.5 Å². The van der Waals surface area contributed by atoms with Crippen molar-refractivity contribution in [2.75, 3.05) is 11.9 Å². The van der Waals surface area contributed by atoms with E-state index in [1.54, 1.807) is 19.1 Å². The first-order chi connectivity index (χ1) is 9.47. The van der Waals surface area contributed by atoms with Gasteiger partial charge in [0, 0.05) is 5.69 Å². The Morgan fingerprint density at radius 2 is 2.20 bits per heavy atom. The number of hydrogen-bond acceptors (Lipinski definition) is 3. The zero-order valence-electron chi connectivity index (χ0n) is 11.6. The third-order valence-electron chi connectivity index (χ3n) is 2.90. The van der Waals surface area contributed by atoms with Gasteiger partial charge < -0.3 is 20.6 Å². The Bertz CT molecular complexity index is 589. The number of aliphatic imine (C=N–C) groups is 1. The van der Waals surface area contributed by atoms with Gasteiger partial charge in [0.2, 0.25) is 0 Å². The van der Waals surface area contributed by atoms with E-state index in [2.05, 4.69) is 10.3 Å². The number of benzene rings is 1. The molecule has 0 saturated heterocycles. The Morgan fingerprint density at radius 3 is 2.85 bits per heavy atom. The van der Waals surface area contributed by atoms with E-state index in [0.29, 0.717) is 5.76 Å². The predicted octanol–water partition coefficient (Wildman–Crippen LogP) is 2.22. The van der Waals surface area contributed by atoms with Crippen molar-refractivity contribution in [3.05, 3.63) is 54.0 Å². The second kappa shape index (κ2) is 5.79. The number of rotatable bonds is 4. The average Bonchev–Trinajstić information content (AvgIpc) is 2.91. The number of anilines is 1. The summed E-state index contributed by atoms with van der Waals surface area (Å²) >= 11 is 0. The van der Waals surface area contributed by atoms with Gasteiger partial charge in [-0.25, -0.2) is 4.99 Å². The molecule has 0 aliphatic carbocycles. The van der Waals surface area contributed by atoms with Gasteiger partial charge in [-0.2, -0.15) is 0 Å². The van der Waals surface area contributed by atoms with Gasteiger partial charge in [0.25, 0.3) is 0 Å². The molecule has 2 rings (SSSR count). The Kier molecular flexibility index (Phi) is 4.10. The Hall–Kier alpha value is -2.27. The Labute approximate surface area is 118 Å². The van der Waals surface area contributed by atoms with Crippen molar-refractivity contribution < 1.29 is 9.52 Å². The highest BCUT2D eigenvalue weighted by molar-refractivity contribution is 5.92. The van der Waals surface area contributed by atoms with Gasteiger partial charge in [0.05, 0.1) is 12.8 Å². The molecule has 4 N–H and O–H groups in total. The molecule has 1 aromatic heterocycles. The molecule has 0 fully saturated rings. The van der Waals surface area contributed by atoms with Gasteiger partial charge >= 0.3 is 0 Å². The molecule has 0 amide bonds. The standard InChI is InChI=1S/C15H19N3O2/c1-11-5-3-6-12(9-11)18-14(16)17-10-15(2,19)13-7-4-8-20-13/h3-9,19H,10H2,1-2H3,(H3,16,17,18). The van der Waals surface area contributed by atoms with Crippen molar-refractivity contribution in [2.24, 2.45) is 10.7 Å². The number of furan rings is 1. The first-order valence-electron chi connectivity index (χ1n) is 6.37. The average molecular weight is 273 g/mol. The molecule has 0 aliphatic rings. The van der Waals surface area contributed by atoms with E-state index >= 15 is 0 Å². The van der Waals surface area contributed by atoms with Crippen LogP contribution in [0.3, 0.4) is 0 Å². The van der Waals surface area contributed by atoms with Crippen LogP contribution >= 0.6 is 0 Å². The van der Waals surface area contributed by atoms with Crippen molar-refractivity contribution in [3.63, 3.8) is 0 Å². The summed E-state index contributed by atoms with van der Waals surface area (Å²) in [6.45, 7) is 3.75. The molecule has 0 saturated carbocycles. The summed E-state index contributed by atoms with van der Waals surface area (Å²) in [5, 5.41) is 13.2. The summed E-state index contributed by atoms with van der Waals surface area (Å²) in [5.74, 6) is 0.715. The molecule has 2 aromatic rings. The van der Waals surface area contributed by atoms with Gasteiger partial charge in [-0.3, -0.25) is 0 Å². The van der Waals surface area contributed by atoms with Crippen LogP contribution < -0.4 is 11.1 Å². The van der Waals surface area contributed by atoms with Crippen LogP contribution in [0.25, 0.3) is 0 Å². The molecule has 106 valence electrons. The summed E-state index contributed by atoms with van der Waals surface area (Å²) < 4.78 is 5.18. The minimum Gasteiger partial charge on any atom is -0.466 e. The SMILES string of the molecule is Cc1cccc(NC(N)=NCC(C)(O)c2ccco2)c1. The zero-order chi connectivity index (χ0) is 14.6. The number of aryl methyl sites for hydroxylation is 1. The van der Waals surface area contributed by atoms with E-state index in [0.717, 1.165) is 11.3 Å². The van der Waals surface area contributed by atoms with Gasteiger partial charge in [-0.05, 0) is 43.7 Å². The lowest BCUT2D eigenvalue weighted by molar-refractivity contribution is 0.0438. The maximum absolute atomic E-state index is 10.2. The number of guanidine groups is 1. The molecule has 1 unspecified atom stereocenters. The highest BCUT2D eigenvalue weighted by atomic mass is 16.4. The molecule has 0 radical (unpaired) electrons. The molecule has 5 nitrogen and oxygen atoms in total. The van der Waals surface area contributed by atoms with Crippen molar-refractivity contribution >= 4 is 11.6 Å². The van der Waals surface area contributed by atoms with Crippen molar-refractivity contribution in [2.45, 2.75) is 19.4 Å². The van der Waals surface area contributed by atoms with Crippen LogP contribution in [0.2, 0.25) is 0 Å². The van der Waals surface area contributed by atoms with E-state index in [9.17, 15) is 5.11 Å². The lowest BCUT2D eigenvalue weighted by Crippen LogP contribution is -2.29. The summed E-state index contributed by atoms with van der Waals surface area (Å²) in [6, 6.07) is 11.2. The van der Waals surface area contributed by atoms with Crippen LogP contribution in [-0.4, -0.2) is 17.6 Å². The molecule has 20 heavy (non-hydrogen) atoms. The van der Waals surface area contributed by atoms with Gasteiger partial charge in [-0.1, -0.05) is 12.1 Å². The van der Waals surface area contributed by atoms with Crippen LogP contribution in [0, 0.1) is 6.92 Å². The quantitative estimate of drug-likeness (QED) is 0.589. The molecule has 1 aromatic carbocycles. The Morgan fingerprint density at radius 1 is 1.40 bits per heavy atom. The molecule has 0 aliphatic heterocycles. The molecular formula is C15H19N3O2. The van der Waals surface area contributed by atoms with Gasteiger partial charge in [0.15, 0.2) is 5.96 Å². The lowest BCUT2D eigenvalue weighted by Gasteiger charge is -2.18. The van der Waals surface area contributed by atoms with Crippen molar-refractivity contribution in [3.8, 4) is 0 Å². The highest BCUT2D eigenvalue weighted by Gasteiger charge is 2.25. The van der Waals surface area contributed by atoms with Crippen LogP contribution in [0.4, 0.5) is 5.69 Å². The zero-order valence-corrected chi connectivity index (χ0v) is 11.6. The second-order valence-corrected chi connectivity index (χ2v) is 4.95. The minimum absolute atomic E-state index is 0.116. The third kappa shape index (κ3) is 3.61. The predicted molar refractivity (Wildman–Crippen MR) is 79.6 cm³/mol. The fraction of sp³-hybridized carbons (Fsp3) is 0.267. The third-order valence-corrected chi connectivity index (χ3v) is 2.90. The van der Waals surface area contributed by atoms with Crippen LogP contribution in [0.15, 0.2) is 52.1 Å². The lowest BCUT2D eigenvalue weighted by atomic mass is 10.0. The van der Waals surface area contributed by atoms with Crippen LogP contribution in [0.5, 0.6) is 0 Å². The summed E-state index contributed by atoms with van der Waals surface area (Å²) in [6.07, 6.45) is 1.52. The number of nitrogens with one attached hydrogen (secondary N) is 1. The van der Waals surface area contributed by atoms with Crippen LogP contribution in [0.1, 0.15) is 18.2 Å². The first-order valence-corrected chi connectivity index (χ1v) is 6.37. The molecule has 0 bridgehead atoms. The second-order valence-electron chi connectivity index (χ2n) is 4.95. The smallest absolute Gasteiger partial charge is 0.193 e. The number of hydrogen-bond donors (Lipinski definition) is 3. The van der Waals surface area contributed by atoms with E-state index in [4.69, 9.17) is 10.2 Å². The summed E-state index contributed by atoms with van der Waals surface area (Å²) in [7, 11) is 0. The Balaban J connectivity index is 2.01. The minimum atomic E-state index is -1.18. The van der Waals surface area contributed by atoms with Gasteiger partial charge in [0.1, 0.15) is 11.4 Å². The number of nitrogens with zero attached hydrogens (tertiary/aromatic N) is 1. The molecule has 0 spiro atoms. The normalized spacial score (nSPS) is 14.8. The largest absolute Gasteiger partial charge is 0.466 e.